The molecular weight excluding hydrogens is 288 g/mol. The van der Waals surface area contributed by atoms with E-state index in [2.05, 4.69) is 0 Å². The molecule has 0 saturated heterocycles. The second-order valence-electron chi connectivity index (χ2n) is 4.21. The SMILES string of the molecule is COc1cccc(CS(=O)(=O)N(C)C(C)CN)c1.Cl. The number of nitrogens with two attached hydrogens (primary N) is 1. The summed E-state index contributed by atoms with van der Waals surface area (Å²) < 4.78 is 30.6. The van der Waals surface area contributed by atoms with E-state index in [1.165, 1.54) is 4.31 Å². The molecular formula is C12H21ClN2O3S. The van der Waals surface area contributed by atoms with Crippen LogP contribution in [0.1, 0.15) is 12.5 Å². The van der Waals surface area contributed by atoms with Gasteiger partial charge in [-0.3, -0.25) is 0 Å². The lowest BCUT2D eigenvalue weighted by molar-refractivity contribution is 0.394. The monoisotopic (exact) mass is 308 g/mol. The average molecular weight is 309 g/mol. The Labute approximate surface area is 121 Å². The first-order valence-electron chi connectivity index (χ1n) is 5.69. The predicted octanol–water partition coefficient (Wildman–Crippen LogP) is 1.23. The highest BCUT2D eigenvalue weighted by Crippen LogP contribution is 2.17. The number of likely N-dealkylation sites (N-methyl/N-ethyl adjacent to an activating group) is 1. The number of hydrogen-bond donors (Lipinski definition) is 1. The van der Waals surface area contributed by atoms with Gasteiger partial charge in [-0.25, -0.2) is 12.7 Å². The van der Waals surface area contributed by atoms with Crippen molar-refractivity contribution in [2.75, 3.05) is 20.7 Å². The summed E-state index contributed by atoms with van der Waals surface area (Å²) in [5.74, 6) is 0.600. The van der Waals surface area contributed by atoms with E-state index in [0.29, 0.717) is 17.9 Å². The van der Waals surface area contributed by atoms with E-state index in [-0.39, 0.29) is 24.2 Å². The number of hydrogen-bond acceptors (Lipinski definition) is 4. The molecule has 1 rings (SSSR count). The van der Waals surface area contributed by atoms with Crippen LogP contribution in [0.5, 0.6) is 5.75 Å². The van der Waals surface area contributed by atoms with Crippen LogP contribution in [0, 0.1) is 0 Å². The van der Waals surface area contributed by atoms with Gasteiger partial charge in [-0.1, -0.05) is 12.1 Å². The zero-order valence-corrected chi connectivity index (χ0v) is 13.0. The van der Waals surface area contributed by atoms with Crippen LogP contribution in [-0.4, -0.2) is 39.5 Å². The van der Waals surface area contributed by atoms with Crippen molar-refractivity contribution in [2.45, 2.75) is 18.7 Å². The van der Waals surface area contributed by atoms with Crippen LogP contribution in [0.3, 0.4) is 0 Å². The molecule has 1 aromatic rings. The average Bonchev–Trinajstić information content (AvgIpc) is 2.36. The molecule has 2 N–H and O–H groups in total. The highest BCUT2D eigenvalue weighted by atomic mass is 35.5. The van der Waals surface area contributed by atoms with E-state index >= 15 is 0 Å². The molecule has 7 heteroatoms. The molecule has 0 aliphatic heterocycles. The van der Waals surface area contributed by atoms with Crippen LogP contribution in [-0.2, 0) is 15.8 Å². The molecule has 19 heavy (non-hydrogen) atoms. The van der Waals surface area contributed by atoms with Crippen molar-refractivity contribution in [1.82, 2.24) is 4.31 Å². The lowest BCUT2D eigenvalue weighted by atomic mass is 10.2. The second kappa shape index (κ2) is 7.69. The summed E-state index contributed by atoms with van der Waals surface area (Å²) in [4.78, 5) is 0. The molecule has 0 saturated carbocycles. The molecule has 0 aromatic heterocycles. The minimum atomic E-state index is -3.35. The summed E-state index contributed by atoms with van der Waals surface area (Å²) in [5.41, 5.74) is 6.18. The van der Waals surface area contributed by atoms with Gasteiger partial charge in [0, 0.05) is 19.6 Å². The largest absolute Gasteiger partial charge is 0.497 e. The zero-order chi connectivity index (χ0) is 13.8. The number of methoxy groups -OCH3 is 1. The van der Waals surface area contributed by atoms with Gasteiger partial charge in [0.05, 0.1) is 12.9 Å². The van der Waals surface area contributed by atoms with Crippen molar-refractivity contribution in [3.8, 4) is 5.75 Å². The highest BCUT2D eigenvalue weighted by molar-refractivity contribution is 7.88. The van der Waals surface area contributed by atoms with E-state index in [0.717, 1.165) is 0 Å². The Balaban J connectivity index is 0.00000324. The molecule has 0 aliphatic carbocycles. The molecule has 1 atom stereocenters. The lowest BCUT2D eigenvalue weighted by Gasteiger charge is -2.23. The van der Waals surface area contributed by atoms with Crippen LogP contribution >= 0.6 is 12.4 Å². The third-order valence-corrected chi connectivity index (χ3v) is 4.82. The first-order valence-corrected chi connectivity index (χ1v) is 7.30. The Kier molecular flexibility index (Phi) is 7.36. The van der Waals surface area contributed by atoms with Crippen LogP contribution in [0.15, 0.2) is 24.3 Å². The molecule has 0 spiro atoms. The molecule has 0 aliphatic rings. The fraction of sp³-hybridized carbons (Fsp3) is 0.500. The number of rotatable bonds is 6. The maximum Gasteiger partial charge on any atom is 0.218 e. The predicted molar refractivity (Wildman–Crippen MR) is 79.1 cm³/mol. The first kappa shape index (κ1) is 18.2. The van der Waals surface area contributed by atoms with Gasteiger partial charge in [-0.05, 0) is 24.6 Å². The first-order chi connectivity index (χ1) is 8.40. The van der Waals surface area contributed by atoms with Gasteiger partial charge in [-0.2, -0.15) is 0 Å². The lowest BCUT2D eigenvalue weighted by Crippen LogP contribution is -2.40. The summed E-state index contributed by atoms with van der Waals surface area (Å²) in [6.07, 6.45) is 0. The van der Waals surface area contributed by atoms with Crippen molar-refractivity contribution in [3.63, 3.8) is 0 Å². The number of nitrogens with zero attached hydrogens (tertiary/aromatic N) is 1. The third kappa shape index (κ3) is 4.99. The minimum Gasteiger partial charge on any atom is -0.497 e. The fourth-order valence-electron chi connectivity index (χ4n) is 1.50. The van der Waals surface area contributed by atoms with Crippen LogP contribution in [0.4, 0.5) is 0 Å². The molecule has 0 radical (unpaired) electrons. The van der Waals surface area contributed by atoms with Gasteiger partial charge < -0.3 is 10.5 Å². The summed E-state index contributed by atoms with van der Waals surface area (Å²) in [5, 5.41) is 0. The maximum atomic E-state index is 12.1. The van der Waals surface area contributed by atoms with E-state index in [9.17, 15) is 8.42 Å². The smallest absolute Gasteiger partial charge is 0.218 e. The number of halogens is 1. The van der Waals surface area contributed by atoms with Crippen molar-refractivity contribution < 1.29 is 13.2 Å². The van der Waals surface area contributed by atoms with Gasteiger partial charge in [-0.15, -0.1) is 12.4 Å². The summed E-state index contributed by atoms with van der Waals surface area (Å²) in [6.45, 7) is 2.08. The van der Waals surface area contributed by atoms with Crippen LogP contribution in [0.25, 0.3) is 0 Å². The Bertz CT molecular complexity index is 494. The Morgan fingerprint density at radius 2 is 2.05 bits per heavy atom. The Morgan fingerprint density at radius 3 is 2.58 bits per heavy atom. The van der Waals surface area contributed by atoms with E-state index in [1.54, 1.807) is 45.3 Å². The molecule has 1 unspecified atom stereocenters. The fourth-order valence-corrected chi connectivity index (χ4v) is 2.94. The third-order valence-electron chi connectivity index (χ3n) is 2.88. The normalized spacial score (nSPS) is 12.9. The Hall–Kier alpha value is -0.820. The highest BCUT2D eigenvalue weighted by Gasteiger charge is 2.22. The molecule has 110 valence electrons. The topological polar surface area (TPSA) is 72.6 Å². The number of sulfonamides is 1. The minimum absolute atomic E-state index is 0. The van der Waals surface area contributed by atoms with Crippen LogP contribution in [0.2, 0.25) is 0 Å². The quantitative estimate of drug-likeness (QED) is 0.858. The second-order valence-corrected chi connectivity index (χ2v) is 6.24. The Morgan fingerprint density at radius 1 is 1.42 bits per heavy atom. The van der Waals surface area contributed by atoms with Crippen molar-refractivity contribution in [3.05, 3.63) is 29.8 Å². The van der Waals surface area contributed by atoms with Crippen LogP contribution < -0.4 is 10.5 Å². The molecule has 1 aromatic carbocycles. The molecule has 0 bridgehead atoms. The zero-order valence-electron chi connectivity index (χ0n) is 11.4. The van der Waals surface area contributed by atoms with Crippen molar-refractivity contribution in [2.24, 2.45) is 5.73 Å². The summed E-state index contributed by atoms with van der Waals surface area (Å²) in [7, 11) is -0.251. The van der Waals surface area contributed by atoms with Gasteiger partial charge in [0.1, 0.15) is 5.75 Å². The molecule has 0 heterocycles. The van der Waals surface area contributed by atoms with Gasteiger partial charge >= 0.3 is 0 Å². The number of benzene rings is 1. The van der Waals surface area contributed by atoms with Gasteiger partial charge in [0.2, 0.25) is 10.0 Å². The molecule has 0 amide bonds. The van der Waals surface area contributed by atoms with Crippen molar-refractivity contribution >= 4 is 22.4 Å². The number of ether oxygens (including phenoxy) is 1. The van der Waals surface area contributed by atoms with Gasteiger partial charge in [0.25, 0.3) is 0 Å². The van der Waals surface area contributed by atoms with E-state index < -0.39 is 10.0 Å². The summed E-state index contributed by atoms with van der Waals surface area (Å²) >= 11 is 0. The van der Waals surface area contributed by atoms with E-state index in [1.807, 2.05) is 0 Å². The maximum absolute atomic E-state index is 12.1. The molecule has 0 fully saturated rings. The van der Waals surface area contributed by atoms with Crippen molar-refractivity contribution in [1.29, 1.82) is 0 Å². The summed E-state index contributed by atoms with van der Waals surface area (Å²) in [6, 6.07) is 6.83. The van der Waals surface area contributed by atoms with E-state index in [4.69, 9.17) is 10.5 Å². The van der Waals surface area contributed by atoms with Gasteiger partial charge in [0.15, 0.2) is 0 Å². The molecule has 5 nitrogen and oxygen atoms in total. The standard InChI is InChI=1S/C12H20N2O3S.ClH/c1-10(8-13)14(2)18(15,16)9-11-5-4-6-12(7-11)17-3;/h4-7,10H,8-9,13H2,1-3H3;1H.